The van der Waals surface area contributed by atoms with Crippen LogP contribution in [-0.2, 0) is 28.1 Å². The van der Waals surface area contributed by atoms with Gasteiger partial charge in [-0.1, -0.05) is 19.4 Å². The van der Waals surface area contributed by atoms with E-state index in [-0.39, 0.29) is 34.1 Å². The van der Waals surface area contributed by atoms with Crippen molar-refractivity contribution < 1.29 is 21.7 Å². The molecule has 0 heterocycles. The van der Waals surface area contributed by atoms with Gasteiger partial charge in [0.2, 0.25) is 0 Å². The smallest absolute Gasteiger partial charge is 0 e. The summed E-state index contributed by atoms with van der Waals surface area (Å²) < 4.78 is 0. The second-order valence-electron chi connectivity index (χ2n) is 2.80. The Kier molecular flexibility index (Phi) is 5.47. The van der Waals surface area contributed by atoms with Gasteiger partial charge >= 0.3 is 0 Å². The first-order valence-corrected chi connectivity index (χ1v) is 4.05. The minimum Gasteiger partial charge on any atom is -0.168 e. The zero-order valence-electron chi connectivity index (χ0n) is 7.58. The molecule has 0 N–H and O–H groups in total. The topological polar surface area (TPSA) is 0 Å². The monoisotopic (exact) mass is 227 g/mol. The molecular weight excluding hydrogens is 215 g/mol. The summed E-state index contributed by atoms with van der Waals surface area (Å²) in [5.74, 6) is 0. The number of aryl methyl sites for hydroxylation is 1. The van der Waals surface area contributed by atoms with Crippen LogP contribution in [0.5, 0.6) is 0 Å². The maximum absolute atomic E-state index is 2.21. The molecule has 0 nitrogen and oxygen atoms in total. The van der Waals surface area contributed by atoms with Crippen molar-refractivity contribution in [2.75, 3.05) is 0 Å². The Hall–Kier alpha value is -0.166. The second kappa shape index (κ2) is 5.54. The number of rotatable bonds is 1. The Bertz CT molecular complexity index is 365. The van der Waals surface area contributed by atoms with E-state index in [2.05, 4.69) is 43.3 Å². The predicted molar refractivity (Wildman–Crippen MR) is 56.2 cm³/mol. The van der Waals surface area contributed by atoms with E-state index in [1.807, 2.05) is 0 Å². The van der Waals surface area contributed by atoms with Gasteiger partial charge in [0.05, 0.1) is 0 Å². The molecule has 13 heavy (non-hydrogen) atoms. The first kappa shape index (κ1) is 12.8. The standard InChI is InChI=1S/C11H11.ClH.Ti/c1-2-9-7-8-10-5-3-4-6-11(9)10;;/h3-8H,2H2,1H3;1H;/q-1;;. The number of hydrogen-bond acceptors (Lipinski definition) is 0. The van der Waals surface area contributed by atoms with Gasteiger partial charge in [0.15, 0.2) is 0 Å². The van der Waals surface area contributed by atoms with Crippen LogP contribution in [0.2, 0.25) is 0 Å². The van der Waals surface area contributed by atoms with Crippen molar-refractivity contribution in [1.29, 1.82) is 0 Å². The van der Waals surface area contributed by atoms with Crippen LogP contribution >= 0.6 is 12.4 Å². The Balaban J connectivity index is 0.000000720. The summed E-state index contributed by atoms with van der Waals surface area (Å²) in [4.78, 5) is 0. The summed E-state index contributed by atoms with van der Waals surface area (Å²) in [6, 6.07) is 12.9. The molecule has 0 unspecified atom stereocenters. The van der Waals surface area contributed by atoms with E-state index in [1.165, 1.54) is 16.3 Å². The fourth-order valence-electron chi connectivity index (χ4n) is 1.52. The molecule has 0 bridgehead atoms. The van der Waals surface area contributed by atoms with E-state index < -0.39 is 0 Å². The predicted octanol–water partition coefficient (Wildman–Crippen LogP) is 3.54. The van der Waals surface area contributed by atoms with Gasteiger partial charge in [-0.25, -0.2) is 0 Å². The first-order valence-electron chi connectivity index (χ1n) is 4.05. The van der Waals surface area contributed by atoms with E-state index in [0.29, 0.717) is 0 Å². The molecule has 0 aliphatic rings. The Labute approximate surface area is 100.0 Å². The number of halogens is 1. The van der Waals surface area contributed by atoms with Crippen molar-refractivity contribution in [3.63, 3.8) is 0 Å². The SMILES string of the molecule is CC[c-]1ccc2ccccc21.Cl.[Ti]. The van der Waals surface area contributed by atoms with Gasteiger partial charge in [-0.3, -0.25) is 0 Å². The molecule has 2 aromatic carbocycles. The van der Waals surface area contributed by atoms with Crippen LogP contribution in [0.4, 0.5) is 0 Å². The van der Waals surface area contributed by atoms with Crippen LogP contribution in [0.3, 0.4) is 0 Å². The molecular formula is C11H12ClTi-. The van der Waals surface area contributed by atoms with Gasteiger partial charge in [-0.05, 0) is 0 Å². The summed E-state index contributed by atoms with van der Waals surface area (Å²) in [6.45, 7) is 2.20. The quantitative estimate of drug-likeness (QED) is 0.516. The minimum atomic E-state index is 0. The molecule has 2 heteroatoms. The zero-order chi connectivity index (χ0) is 7.68. The van der Waals surface area contributed by atoms with E-state index in [4.69, 9.17) is 0 Å². The maximum Gasteiger partial charge on any atom is 0 e. The molecule has 0 amide bonds. The Morgan fingerprint density at radius 2 is 1.85 bits per heavy atom. The van der Waals surface area contributed by atoms with Crippen molar-refractivity contribution in [3.05, 3.63) is 42.0 Å². The third-order valence-corrected chi connectivity index (χ3v) is 2.15. The molecule has 0 aliphatic carbocycles. The van der Waals surface area contributed by atoms with E-state index >= 15 is 0 Å². The van der Waals surface area contributed by atoms with Crippen molar-refractivity contribution in [2.45, 2.75) is 13.3 Å². The fraction of sp³-hybridized carbons (Fsp3) is 0.182. The molecule has 0 saturated carbocycles. The molecule has 0 fully saturated rings. The molecule has 2 rings (SSSR count). The minimum absolute atomic E-state index is 0. The number of benzene rings is 1. The van der Waals surface area contributed by atoms with Gasteiger partial charge < -0.3 is 0 Å². The van der Waals surface area contributed by atoms with Gasteiger partial charge in [0, 0.05) is 21.7 Å². The summed E-state index contributed by atoms with van der Waals surface area (Å²) in [6.07, 6.45) is 1.13. The average Bonchev–Trinajstić information content (AvgIpc) is 2.47. The fourth-order valence-corrected chi connectivity index (χ4v) is 1.52. The third kappa shape index (κ3) is 2.40. The van der Waals surface area contributed by atoms with Crippen molar-refractivity contribution >= 4 is 23.2 Å². The number of fused-ring (bicyclic) bond motifs is 1. The van der Waals surface area contributed by atoms with E-state index in [9.17, 15) is 0 Å². The maximum atomic E-state index is 2.21. The van der Waals surface area contributed by atoms with E-state index in [1.54, 1.807) is 0 Å². The molecule has 0 aromatic heterocycles. The normalized spacial score (nSPS) is 9.00. The molecule has 0 radical (unpaired) electrons. The summed E-state index contributed by atoms with van der Waals surface area (Å²) in [5.41, 5.74) is 1.46. The van der Waals surface area contributed by atoms with Crippen LogP contribution in [0.25, 0.3) is 10.8 Å². The van der Waals surface area contributed by atoms with Gasteiger partial charge in [0.1, 0.15) is 0 Å². The van der Waals surface area contributed by atoms with Crippen LogP contribution in [-0.4, -0.2) is 0 Å². The van der Waals surface area contributed by atoms with Crippen molar-refractivity contribution in [1.82, 2.24) is 0 Å². The average molecular weight is 228 g/mol. The second-order valence-corrected chi connectivity index (χ2v) is 2.80. The van der Waals surface area contributed by atoms with Crippen molar-refractivity contribution in [3.8, 4) is 0 Å². The summed E-state index contributed by atoms with van der Waals surface area (Å²) >= 11 is 0. The van der Waals surface area contributed by atoms with Crippen LogP contribution < -0.4 is 0 Å². The van der Waals surface area contributed by atoms with Crippen LogP contribution in [0, 0.1) is 0 Å². The number of hydrogen-bond donors (Lipinski definition) is 0. The molecule has 0 saturated heterocycles. The molecule has 68 valence electrons. The van der Waals surface area contributed by atoms with Gasteiger partial charge in [0.25, 0.3) is 0 Å². The van der Waals surface area contributed by atoms with Gasteiger partial charge in [-0.15, -0.1) is 53.0 Å². The molecule has 2 aromatic rings. The molecule has 0 atom stereocenters. The molecule has 0 aliphatic heterocycles. The zero-order valence-corrected chi connectivity index (χ0v) is 9.96. The first-order chi connectivity index (χ1) is 5.42. The van der Waals surface area contributed by atoms with Crippen LogP contribution in [0.15, 0.2) is 36.4 Å². The van der Waals surface area contributed by atoms with Crippen LogP contribution in [0.1, 0.15) is 12.5 Å². The largest absolute Gasteiger partial charge is 0.168 e. The third-order valence-electron chi connectivity index (χ3n) is 2.15. The Morgan fingerprint density at radius 1 is 1.15 bits per heavy atom. The molecule has 0 spiro atoms. The van der Waals surface area contributed by atoms with Crippen molar-refractivity contribution in [2.24, 2.45) is 0 Å². The van der Waals surface area contributed by atoms with Gasteiger partial charge in [-0.2, -0.15) is 6.07 Å². The summed E-state index contributed by atoms with van der Waals surface area (Å²) in [7, 11) is 0. The Morgan fingerprint density at radius 3 is 2.54 bits per heavy atom. The summed E-state index contributed by atoms with van der Waals surface area (Å²) in [5, 5.41) is 2.78. The van der Waals surface area contributed by atoms with E-state index in [0.717, 1.165) is 6.42 Å².